The van der Waals surface area contributed by atoms with Crippen LogP contribution in [-0.4, -0.2) is 17.3 Å². The molecule has 0 spiro atoms. The van der Waals surface area contributed by atoms with Gasteiger partial charge >= 0.3 is 12.4 Å². The molecule has 1 aromatic rings. The van der Waals surface area contributed by atoms with Crippen LogP contribution in [0.2, 0.25) is 0 Å². The maximum Gasteiger partial charge on any atom is 0.393 e. The summed E-state index contributed by atoms with van der Waals surface area (Å²) in [4.78, 5) is 2.24. The van der Waals surface area contributed by atoms with Gasteiger partial charge in [-0.3, -0.25) is 0 Å². The Balaban J connectivity index is 2.79. The lowest BCUT2D eigenvalue weighted by atomic mass is 10.1. The fraction of sp³-hybridized carbons (Fsp3) is 0.500. The summed E-state index contributed by atoms with van der Waals surface area (Å²) in [7, 11) is 0. The van der Waals surface area contributed by atoms with Gasteiger partial charge < -0.3 is 4.98 Å². The van der Waals surface area contributed by atoms with Crippen LogP contribution in [0, 0.1) is 0 Å². The number of aromatic amines is 1. The van der Waals surface area contributed by atoms with Crippen LogP contribution in [0.4, 0.5) is 26.3 Å². The normalized spacial score (nSPS) is 13.2. The van der Waals surface area contributed by atoms with Crippen LogP contribution in [0.5, 0.6) is 0 Å². The number of hydrogen-bond donors (Lipinski definition) is 1. The molecule has 86 valence electrons. The van der Waals surface area contributed by atoms with E-state index in [9.17, 15) is 26.3 Å². The SMILES string of the molecule is FC(F)(F)Cc1c[nH]cc1CC(F)(F)F. The van der Waals surface area contributed by atoms with Gasteiger partial charge in [0.15, 0.2) is 0 Å². The molecule has 0 aliphatic heterocycles. The molecule has 1 nitrogen and oxygen atoms in total. The molecule has 0 saturated heterocycles. The molecule has 0 bridgehead atoms. The van der Waals surface area contributed by atoms with E-state index in [1.54, 1.807) is 0 Å². The smallest absolute Gasteiger partial charge is 0.367 e. The molecule has 0 saturated carbocycles. The van der Waals surface area contributed by atoms with Gasteiger partial charge in [-0.05, 0) is 11.1 Å². The van der Waals surface area contributed by atoms with Crippen molar-refractivity contribution >= 4 is 0 Å². The first-order chi connectivity index (χ1) is 6.67. The summed E-state index contributed by atoms with van der Waals surface area (Å²) in [5, 5.41) is 0. The number of rotatable bonds is 2. The average molecular weight is 231 g/mol. The molecule has 1 aromatic heterocycles. The second-order valence-electron chi connectivity index (χ2n) is 3.09. The first-order valence-corrected chi connectivity index (χ1v) is 3.95. The molecule has 15 heavy (non-hydrogen) atoms. The average Bonchev–Trinajstić information content (AvgIpc) is 2.29. The van der Waals surface area contributed by atoms with Crippen molar-refractivity contribution in [2.24, 2.45) is 0 Å². The maximum atomic E-state index is 11.9. The number of hydrogen-bond acceptors (Lipinski definition) is 0. The van der Waals surface area contributed by atoms with Crippen molar-refractivity contribution in [2.45, 2.75) is 25.2 Å². The summed E-state index contributed by atoms with van der Waals surface area (Å²) in [6.45, 7) is 0. The predicted octanol–water partition coefficient (Wildman–Crippen LogP) is 3.22. The molecule has 0 aromatic carbocycles. The molecule has 0 aliphatic rings. The van der Waals surface area contributed by atoms with E-state index in [2.05, 4.69) is 4.98 Å². The fourth-order valence-corrected chi connectivity index (χ4v) is 1.19. The van der Waals surface area contributed by atoms with Gasteiger partial charge in [0.1, 0.15) is 0 Å². The minimum Gasteiger partial charge on any atom is -0.367 e. The van der Waals surface area contributed by atoms with Crippen molar-refractivity contribution in [1.29, 1.82) is 0 Å². The Morgan fingerprint density at radius 2 is 1.13 bits per heavy atom. The lowest BCUT2D eigenvalue weighted by molar-refractivity contribution is -0.132. The van der Waals surface area contributed by atoms with Gasteiger partial charge in [-0.1, -0.05) is 0 Å². The van der Waals surface area contributed by atoms with E-state index in [1.807, 2.05) is 0 Å². The number of alkyl halides is 6. The second kappa shape index (κ2) is 3.79. The summed E-state index contributed by atoms with van der Waals surface area (Å²) in [6.07, 6.45) is -9.81. The molecule has 7 heteroatoms. The maximum absolute atomic E-state index is 11.9. The van der Waals surface area contributed by atoms with Crippen molar-refractivity contribution in [3.8, 4) is 0 Å². The molecule has 0 amide bonds. The Labute approximate surface area is 81.1 Å². The molecular formula is C8H7F6N. The Morgan fingerprint density at radius 1 is 0.800 bits per heavy atom. The van der Waals surface area contributed by atoms with Gasteiger partial charge in [0.25, 0.3) is 0 Å². The monoisotopic (exact) mass is 231 g/mol. The van der Waals surface area contributed by atoms with E-state index >= 15 is 0 Å². The fourth-order valence-electron chi connectivity index (χ4n) is 1.19. The van der Waals surface area contributed by atoms with Crippen LogP contribution in [-0.2, 0) is 12.8 Å². The Hall–Kier alpha value is -1.14. The zero-order valence-corrected chi connectivity index (χ0v) is 7.34. The highest BCUT2D eigenvalue weighted by molar-refractivity contribution is 5.25. The Kier molecular flexibility index (Phi) is 3.01. The Morgan fingerprint density at radius 3 is 1.40 bits per heavy atom. The first kappa shape index (κ1) is 11.9. The number of nitrogens with one attached hydrogen (secondary N) is 1. The van der Waals surface area contributed by atoms with Crippen molar-refractivity contribution in [3.63, 3.8) is 0 Å². The molecule has 1 rings (SSSR count). The largest absolute Gasteiger partial charge is 0.393 e. The van der Waals surface area contributed by atoms with Crippen LogP contribution >= 0.6 is 0 Å². The summed E-state index contributed by atoms with van der Waals surface area (Å²) in [5.41, 5.74) is -0.723. The third-order valence-corrected chi connectivity index (χ3v) is 1.71. The molecule has 1 heterocycles. The lowest BCUT2D eigenvalue weighted by Gasteiger charge is -2.09. The van der Waals surface area contributed by atoms with E-state index in [-0.39, 0.29) is 11.1 Å². The van der Waals surface area contributed by atoms with Crippen LogP contribution in [0.15, 0.2) is 12.4 Å². The molecule has 0 atom stereocenters. The van der Waals surface area contributed by atoms with Crippen LogP contribution in [0.3, 0.4) is 0 Å². The second-order valence-corrected chi connectivity index (χ2v) is 3.09. The molecule has 0 fully saturated rings. The third-order valence-electron chi connectivity index (χ3n) is 1.71. The predicted molar refractivity (Wildman–Crippen MR) is 40.3 cm³/mol. The van der Waals surface area contributed by atoms with Gasteiger partial charge in [-0.2, -0.15) is 26.3 Å². The summed E-state index contributed by atoms with van der Waals surface area (Å²) in [5.74, 6) is 0. The Bertz CT molecular complexity index is 290. The van der Waals surface area contributed by atoms with Crippen LogP contribution in [0.25, 0.3) is 0 Å². The molecule has 0 radical (unpaired) electrons. The molecular weight excluding hydrogens is 224 g/mol. The van der Waals surface area contributed by atoms with Gasteiger partial charge in [0.05, 0.1) is 12.8 Å². The molecule has 0 aliphatic carbocycles. The topological polar surface area (TPSA) is 15.8 Å². The van der Waals surface area contributed by atoms with Crippen LogP contribution < -0.4 is 0 Å². The highest BCUT2D eigenvalue weighted by atomic mass is 19.4. The first-order valence-electron chi connectivity index (χ1n) is 3.95. The third kappa shape index (κ3) is 4.26. The molecule has 1 N–H and O–H groups in total. The van der Waals surface area contributed by atoms with Gasteiger partial charge in [0, 0.05) is 12.4 Å². The quantitative estimate of drug-likeness (QED) is 0.752. The lowest BCUT2D eigenvalue weighted by Crippen LogP contribution is -2.16. The number of H-pyrrole nitrogens is 1. The minimum atomic E-state index is -4.50. The van der Waals surface area contributed by atoms with E-state index in [4.69, 9.17) is 0 Å². The van der Waals surface area contributed by atoms with Gasteiger partial charge in [-0.15, -0.1) is 0 Å². The van der Waals surface area contributed by atoms with Gasteiger partial charge in [-0.25, -0.2) is 0 Å². The van der Waals surface area contributed by atoms with Crippen LogP contribution in [0.1, 0.15) is 11.1 Å². The zero-order valence-electron chi connectivity index (χ0n) is 7.34. The van der Waals surface area contributed by atoms with E-state index in [0.29, 0.717) is 0 Å². The van der Waals surface area contributed by atoms with Crippen molar-refractivity contribution in [3.05, 3.63) is 23.5 Å². The summed E-state index contributed by atoms with van der Waals surface area (Å²) in [6, 6.07) is 0. The zero-order chi connectivity index (χ0) is 11.7. The number of halogens is 6. The van der Waals surface area contributed by atoms with Crippen molar-refractivity contribution in [2.75, 3.05) is 0 Å². The highest BCUT2D eigenvalue weighted by Gasteiger charge is 2.33. The molecule has 0 unspecified atom stereocenters. The van der Waals surface area contributed by atoms with Crippen molar-refractivity contribution < 1.29 is 26.3 Å². The van der Waals surface area contributed by atoms with E-state index in [1.165, 1.54) is 0 Å². The summed E-state index contributed by atoms with van der Waals surface area (Å²) < 4.78 is 71.6. The van der Waals surface area contributed by atoms with Gasteiger partial charge in [0.2, 0.25) is 0 Å². The highest BCUT2D eigenvalue weighted by Crippen LogP contribution is 2.27. The van der Waals surface area contributed by atoms with E-state index in [0.717, 1.165) is 12.4 Å². The standard InChI is InChI=1S/C8H7F6N/c9-7(10,11)1-5-3-15-4-6(5)2-8(12,13)14/h3-4,15H,1-2H2. The number of aromatic nitrogens is 1. The van der Waals surface area contributed by atoms with E-state index < -0.39 is 25.2 Å². The van der Waals surface area contributed by atoms with Crippen molar-refractivity contribution in [1.82, 2.24) is 4.98 Å². The minimum absolute atomic E-state index is 0.361. The summed E-state index contributed by atoms with van der Waals surface area (Å²) >= 11 is 0.